The molecule has 1 fully saturated rings. The molecule has 0 saturated carbocycles. The number of halogens is 1. The van der Waals surface area contributed by atoms with Crippen LogP contribution < -0.4 is 5.56 Å². The Labute approximate surface area is 199 Å². The molecule has 1 saturated heterocycles. The Bertz CT molecular complexity index is 1080. The molecule has 0 bridgehead atoms. The van der Waals surface area contributed by atoms with Crippen LogP contribution in [-0.2, 0) is 4.74 Å². The molecular formula is C25H33FN4O4. The molecule has 0 radical (unpaired) electrons. The predicted octanol–water partition coefficient (Wildman–Crippen LogP) is 3.87. The molecule has 2 aromatic rings. The van der Waals surface area contributed by atoms with Gasteiger partial charge in [0, 0.05) is 31.7 Å². The molecule has 1 atom stereocenters. The lowest BCUT2D eigenvalue weighted by Crippen LogP contribution is -2.48. The summed E-state index contributed by atoms with van der Waals surface area (Å²) in [6, 6.07) is 8.00. The van der Waals surface area contributed by atoms with Gasteiger partial charge in [-0.25, -0.2) is 9.18 Å². The minimum absolute atomic E-state index is 0.0399. The van der Waals surface area contributed by atoms with Crippen molar-refractivity contribution < 1.29 is 18.7 Å². The van der Waals surface area contributed by atoms with E-state index in [1.165, 1.54) is 36.4 Å². The third kappa shape index (κ3) is 6.42. The Morgan fingerprint density at radius 1 is 1.18 bits per heavy atom. The highest BCUT2D eigenvalue weighted by Crippen LogP contribution is 2.22. The lowest BCUT2D eigenvalue weighted by Gasteiger charge is -2.37. The zero-order valence-corrected chi connectivity index (χ0v) is 20.5. The Morgan fingerprint density at radius 3 is 2.47 bits per heavy atom. The monoisotopic (exact) mass is 472 g/mol. The topological polar surface area (TPSA) is 84.7 Å². The average molecular weight is 473 g/mol. The van der Waals surface area contributed by atoms with E-state index in [0.29, 0.717) is 25.3 Å². The molecule has 1 unspecified atom stereocenters. The van der Waals surface area contributed by atoms with Gasteiger partial charge in [0.05, 0.1) is 5.69 Å². The number of carbonyl (C=O) groups is 2. The fourth-order valence-corrected chi connectivity index (χ4v) is 3.95. The van der Waals surface area contributed by atoms with Crippen molar-refractivity contribution in [1.29, 1.82) is 0 Å². The minimum atomic E-state index is -0.585. The summed E-state index contributed by atoms with van der Waals surface area (Å²) in [5.74, 6) is -0.616. The van der Waals surface area contributed by atoms with Gasteiger partial charge in [0.2, 0.25) is 0 Å². The SMILES string of the molecule is CC(C)N(CC1CCCN(C(=O)c2ccc(=O)n(-c3ccc(F)cc3)n2)C1)C(=O)OC(C)(C)C. The van der Waals surface area contributed by atoms with Gasteiger partial charge in [0.15, 0.2) is 0 Å². The Kier molecular flexibility index (Phi) is 7.74. The smallest absolute Gasteiger partial charge is 0.410 e. The second-order valence-electron chi connectivity index (χ2n) is 9.93. The number of amides is 2. The van der Waals surface area contributed by atoms with Crippen molar-refractivity contribution >= 4 is 12.0 Å². The third-order valence-corrected chi connectivity index (χ3v) is 5.60. The maximum Gasteiger partial charge on any atom is 0.410 e. The van der Waals surface area contributed by atoms with Crippen molar-refractivity contribution in [1.82, 2.24) is 19.6 Å². The third-order valence-electron chi connectivity index (χ3n) is 5.60. The first-order chi connectivity index (χ1) is 15.9. The van der Waals surface area contributed by atoms with Crippen LogP contribution in [0, 0.1) is 11.7 Å². The fourth-order valence-electron chi connectivity index (χ4n) is 3.95. The highest BCUT2D eigenvalue weighted by molar-refractivity contribution is 5.92. The summed E-state index contributed by atoms with van der Waals surface area (Å²) in [5, 5.41) is 4.24. The first-order valence-electron chi connectivity index (χ1n) is 11.6. The molecule has 1 aromatic carbocycles. The number of nitrogens with zero attached hydrogens (tertiary/aromatic N) is 4. The Balaban J connectivity index is 1.74. The van der Waals surface area contributed by atoms with E-state index >= 15 is 0 Å². The van der Waals surface area contributed by atoms with Crippen LogP contribution in [0.3, 0.4) is 0 Å². The number of ether oxygens (including phenoxy) is 1. The number of rotatable bonds is 5. The van der Waals surface area contributed by atoms with Crippen LogP contribution in [0.2, 0.25) is 0 Å². The highest BCUT2D eigenvalue weighted by atomic mass is 19.1. The van der Waals surface area contributed by atoms with Gasteiger partial charge in [-0.1, -0.05) is 0 Å². The number of piperidine rings is 1. The van der Waals surface area contributed by atoms with Crippen molar-refractivity contribution in [3.8, 4) is 5.69 Å². The van der Waals surface area contributed by atoms with E-state index in [9.17, 15) is 18.8 Å². The van der Waals surface area contributed by atoms with E-state index < -0.39 is 17.0 Å². The van der Waals surface area contributed by atoms with Crippen LogP contribution in [0.4, 0.5) is 9.18 Å². The zero-order valence-electron chi connectivity index (χ0n) is 20.5. The first kappa shape index (κ1) is 25.4. The number of aromatic nitrogens is 2. The normalized spacial score (nSPS) is 16.4. The lowest BCUT2D eigenvalue weighted by molar-refractivity contribution is 0.0123. The van der Waals surface area contributed by atoms with E-state index in [0.717, 1.165) is 17.5 Å². The van der Waals surface area contributed by atoms with Crippen molar-refractivity contribution in [3.05, 3.63) is 58.3 Å². The van der Waals surface area contributed by atoms with Crippen LogP contribution in [0.5, 0.6) is 0 Å². The Morgan fingerprint density at radius 2 is 1.85 bits per heavy atom. The van der Waals surface area contributed by atoms with Gasteiger partial charge in [0.25, 0.3) is 11.5 Å². The largest absolute Gasteiger partial charge is 0.444 e. The summed E-state index contributed by atoms with van der Waals surface area (Å²) in [7, 11) is 0. The van der Waals surface area contributed by atoms with Crippen molar-refractivity contribution in [2.24, 2.45) is 5.92 Å². The maximum absolute atomic E-state index is 13.3. The molecular weight excluding hydrogens is 439 g/mol. The zero-order chi connectivity index (χ0) is 25.0. The van der Waals surface area contributed by atoms with Gasteiger partial charge in [-0.2, -0.15) is 9.78 Å². The second-order valence-corrected chi connectivity index (χ2v) is 9.93. The molecule has 0 aliphatic carbocycles. The molecule has 184 valence electrons. The van der Waals surface area contributed by atoms with E-state index in [-0.39, 0.29) is 29.7 Å². The fraction of sp³-hybridized carbons (Fsp3) is 0.520. The van der Waals surface area contributed by atoms with E-state index in [1.54, 1.807) is 9.80 Å². The number of carbonyl (C=O) groups excluding carboxylic acids is 2. The van der Waals surface area contributed by atoms with Crippen molar-refractivity contribution in [2.45, 2.75) is 59.1 Å². The van der Waals surface area contributed by atoms with Crippen LogP contribution >= 0.6 is 0 Å². The van der Waals surface area contributed by atoms with Crippen LogP contribution in [0.15, 0.2) is 41.2 Å². The van der Waals surface area contributed by atoms with Gasteiger partial charge in [-0.3, -0.25) is 9.59 Å². The summed E-state index contributed by atoms with van der Waals surface area (Å²) in [6.07, 6.45) is 1.33. The number of benzene rings is 1. The second kappa shape index (κ2) is 10.4. The number of likely N-dealkylation sites (tertiary alicyclic amines) is 1. The molecule has 0 spiro atoms. The summed E-state index contributed by atoms with van der Waals surface area (Å²) < 4.78 is 19.9. The molecule has 2 heterocycles. The van der Waals surface area contributed by atoms with E-state index in [4.69, 9.17) is 4.74 Å². The molecule has 0 N–H and O–H groups in total. The van der Waals surface area contributed by atoms with Gasteiger partial charge >= 0.3 is 6.09 Å². The molecule has 3 rings (SSSR count). The first-order valence-corrected chi connectivity index (χ1v) is 11.6. The van der Waals surface area contributed by atoms with Crippen molar-refractivity contribution in [2.75, 3.05) is 19.6 Å². The molecule has 34 heavy (non-hydrogen) atoms. The quantitative estimate of drug-likeness (QED) is 0.660. The standard InChI is InChI=1S/C25H33FN4O4/c1-17(2)29(24(33)34-25(3,4)5)16-18-7-6-14-28(15-18)23(32)21-12-13-22(31)30(27-21)20-10-8-19(26)9-11-20/h8-13,17-18H,6-7,14-16H2,1-5H3. The van der Waals surface area contributed by atoms with Crippen LogP contribution in [0.1, 0.15) is 57.9 Å². The summed E-state index contributed by atoms with van der Waals surface area (Å²) in [6.45, 7) is 10.9. The number of hydrogen-bond donors (Lipinski definition) is 0. The van der Waals surface area contributed by atoms with Gasteiger partial charge < -0.3 is 14.5 Å². The average Bonchev–Trinajstić information content (AvgIpc) is 2.77. The molecule has 1 aliphatic rings. The highest BCUT2D eigenvalue weighted by Gasteiger charge is 2.31. The molecule has 1 aliphatic heterocycles. The van der Waals surface area contributed by atoms with E-state index in [1.807, 2.05) is 34.6 Å². The maximum atomic E-state index is 13.3. The number of hydrogen-bond acceptors (Lipinski definition) is 5. The summed E-state index contributed by atoms with van der Waals surface area (Å²) in [4.78, 5) is 41.6. The van der Waals surface area contributed by atoms with Gasteiger partial charge in [-0.05, 0) is 83.7 Å². The van der Waals surface area contributed by atoms with Crippen LogP contribution in [-0.4, -0.2) is 62.9 Å². The predicted molar refractivity (Wildman–Crippen MR) is 126 cm³/mol. The van der Waals surface area contributed by atoms with Gasteiger partial charge in [-0.15, -0.1) is 0 Å². The Hall–Kier alpha value is -3.23. The van der Waals surface area contributed by atoms with Gasteiger partial charge in [0.1, 0.15) is 17.1 Å². The van der Waals surface area contributed by atoms with E-state index in [2.05, 4.69) is 5.10 Å². The molecule has 8 nitrogen and oxygen atoms in total. The summed E-state index contributed by atoms with van der Waals surface area (Å²) in [5.41, 5.74) is -0.484. The van der Waals surface area contributed by atoms with Crippen molar-refractivity contribution in [3.63, 3.8) is 0 Å². The molecule has 9 heteroatoms. The molecule has 1 aromatic heterocycles. The summed E-state index contributed by atoms with van der Waals surface area (Å²) >= 11 is 0. The minimum Gasteiger partial charge on any atom is -0.444 e. The van der Waals surface area contributed by atoms with Crippen LogP contribution in [0.25, 0.3) is 5.69 Å². The molecule has 2 amide bonds. The lowest BCUT2D eigenvalue weighted by atomic mass is 9.96.